The van der Waals surface area contributed by atoms with Crippen LogP contribution < -0.4 is 0 Å². The Morgan fingerprint density at radius 2 is 2.16 bits per heavy atom. The predicted octanol–water partition coefficient (Wildman–Crippen LogP) is 3.82. The van der Waals surface area contributed by atoms with Gasteiger partial charge in [-0.2, -0.15) is 4.79 Å². The second-order valence-electron chi connectivity index (χ2n) is 6.46. The van der Waals surface area contributed by atoms with Gasteiger partial charge in [0.05, 0.1) is 0 Å². The zero-order valence-corrected chi connectivity index (χ0v) is 12.7. The molecule has 104 valence electrons. The zero-order valence-electron chi connectivity index (χ0n) is 12.7. The smallest absolute Gasteiger partial charge is 0.323 e. The standard InChI is InChI=1S/C16H24N2O/c1-11(2)14-8-7-12(3)16(6,15(14,4)5)9-13(19)10-18-17/h7,10,14H,1,8-9H2,2-6H3/t14-,16-/m0/s1. The number of hydrogen-bond donors (Lipinski definition) is 0. The highest BCUT2D eigenvalue weighted by molar-refractivity contribution is 6.25. The summed E-state index contributed by atoms with van der Waals surface area (Å²) in [4.78, 5) is 14.7. The molecular weight excluding hydrogens is 236 g/mol. The molecule has 0 radical (unpaired) electrons. The summed E-state index contributed by atoms with van der Waals surface area (Å²) in [6.45, 7) is 14.8. The Bertz CT molecular complexity index is 481. The molecule has 0 N–H and O–H groups in total. The average molecular weight is 260 g/mol. The van der Waals surface area contributed by atoms with Crippen LogP contribution in [0.5, 0.6) is 0 Å². The van der Waals surface area contributed by atoms with Crippen LogP contribution in [0.1, 0.15) is 47.5 Å². The van der Waals surface area contributed by atoms with E-state index in [1.807, 2.05) is 0 Å². The van der Waals surface area contributed by atoms with E-state index in [2.05, 4.69) is 52.1 Å². The van der Waals surface area contributed by atoms with Gasteiger partial charge >= 0.3 is 6.21 Å². The molecule has 0 aromatic rings. The average Bonchev–Trinajstić information content (AvgIpc) is 2.26. The minimum Gasteiger partial charge on any atom is -0.361 e. The summed E-state index contributed by atoms with van der Waals surface area (Å²) < 4.78 is 0. The minimum absolute atomic E-state index is 0.0589. The third-order valence-corrected chi connectivity index (χ3v) is 5.15. The highest BCUT2D eigenvalue weighted by atomic mass is 16.1. The van der Waals surface area contributed by atoms with E-state index in [-0.39, 0.29) is 16.6 Å². The van der Waals surface area contributed by atoms with Gasteiger partial charge < -0.3 is 5.53 Å². The van der Waals surface area contributed by atoms with E-state index in [1.165, 1.54) is 5.57 Å². The number of allylic oxidation sites excluding steroid dienone is 3. The van der Waals surface area contributed by atoms with Gasteiger partial charge in [-0.15, -0.1) is 0 Å². The summed E-state index contributed by atoms with van der Waals surface area (Å²) in [5.74, 6) is 0.216. The summed E-state index contributed by atoms with van der Waals surface area (Å²) in [7, 11) is 0. The van der Waals surface area contributed by atoms with Crippen molar-refractivity contribution in [2.45, 2.75) is 47.5 Å². The fourth-order valence-electron chi connectivity index (χ4n) is 3.35. The van der Waals surface area contributed by atoms with Crippen LogP contribution in [0, 0.1) is 16.7 Å². The summed E-state index contributed by atoms with van der Waals surface area (Å²) in [6.07, 6.45) is 4.55. The maximum Gasteiger partial charge on any atom is 0.323 e. The molecule has 0 unspecified atom stereocenters. The number of hydrogen-bond acceptors (Lipinski definition) is 1. The Balaban J connectivity index is 3.24. The highest BCUT2D eigenvalue weighted by Crippen LogP contribution is 2.57. The predicted molar refractivity (Wildman–Crippen MR) is 77.9 cm³/mol. The van der Waals surface area contributed by atoms with E-state index >= 15 is 0 Å². The van der Waals surface area contributed by atoms with Crippen molar-refractivity contribution in [1.29, 1.82) is 0 Å². The molecule has 19 heavy (non-hydrogen) atoms. The van der Waals surface area contributed by atoms with Gasteiger partial charge in [0.15, 0.2) is 0 Å². The molecule has 0 saturated carbocycles. The van der Waals surface area contributed by atoms with Crippen LogP contribution >= 0.6 is 0 Å². The maximum atomic E-state index is 11.9. The van der Waals surface area contributed by atoms with Crippen molar-refractivity contribution in [3.8, 4) is 0 Å². The molecule has 3 nitrogen and oxygen atoms in total. The molecule has 0 fully saturated rings. The molecule has 0 aromatic carbocycles. The molecule has 2 atom stereocenters. The summed E-state index contributed by atoms with van der Waals surface area (Å²) in [5, 5.41) is 0. The first-order valence-corrected chi connectivity index (χ1v) is 6.69. The quantitative estimate of drug-likeness (QED) is 0.328. The second-order valence-corrected chi connectivity index (χ2v) is 6.46. The van der Waals surface area contributed by atoms with Crippen molar-refractivity contribution in [2.24, 2.45) is 16.7 Å². The molecule has 1 aliphatic carbocycles. The number of carbonyl (C=O) groups is 1. The van der Waals surface area contributed by atoms with Gasteiger partial charge in [-0.3, -0.25) is 4.79 Å². The fraction of sp³-hybridized carbons (Fsp3) is 0.625. The van der Waals surface area contributed by atoms with Gasteiger partial charge in [0, 0.05) is 11.8 Å². The van der Waals surface area contributed by atoms with Crippen LogP contribution in [0.4, 0.5) is 0 Å². The van der Waals surface area contributed by atoms with Gasteiger partial charge in [0.1, 0.15) is 0 Å². The molecular formula is C16H24N2O. The maximum absolute atomic E-state index is 11.9. The van der Waals surface area contributed by atoms with Crippen molar-refractivity contribution in [3.05, 3.63) is 29.3 Å². The molecule has 0 aliphatic heterocycles. The van der Waals surface area contributed by atoms with Gasteiger partial charge in [-0.1, -0.05) is 44.6 Å². The van der Waals surface area contributed by atoms with Gasteiger partial charge in [-0.05, 0) is 31.6 Å². The van der Waals surface area contributed by atoms with E-state index in [0.29, 0.717) is 12.3 Å². The Labute approximate surface area is 116 Å². The summed E-state index contributed by atoms with van der Waals surface area (Å²) in [5.41, 5.74) is 10.6. The van der Waals surface area contributed by atoms with Crippen molar-refractivity contribution >= 4 is 12.0 Å². The molecule has 0 heterocycles. The first kappa shape index (κ1) is 15.6. The fourth-order valence-corrected chi connectivity index (χ4v) is 3.35. The highest BCUT2D eigenvalue weighted by Gasteiger charge is 2.50. The van der Waals surface area contributed by atoms with Crippen molar-refractivity contribution in [2.75, 3.05) is 0 Å². The Hall–Kier alpha value is -1.47. The van der Waals surface area contributed by atoms with E-state index in [9.17, 15) is 4.79 Å². The van der Waals surface area contributed by atoms with Crippen LogP contribution in [-0.4, -0.2) is 16.8 Å². The van der Waals surface area contributed by atoms with Crippen molar-refractivity contribution < 1.29 is 9.58 Å². The van der Waals surface area contributed by atoms with Gasteiger partial charge in [0.2, 0.25) is 5.78 Å². The monoisotopic (exact) mass is 260 g/mol. The molecule has 3 heteroatoms. The lowest BCUT2D eigenvalue weighted by Gasteiger charge is -2.52. The second kappa shape index (κ2) is 5.26. The molecule has 1 rings (SSSR count). The third-order valence-electron chi connectivity index (χ3n) is 5.15. The van der Waals surface area contributed by atoms with Crippen LogP contribution in [0.15, 0.2) is 23.8 Å². The lowest BCUT2D eigenvalue weighted by atomic mass is 9.51. The largest absolute Gasteiger partial charge is 0.361 e. The molecule has 1 aliphatic rings. The number of nitrogens with zero attached hydrogens (tertiary/aromatic N) is 2. The van der Waals surface area contributed by atoms with Gasteiger partial charge in [-0.25, -0.2) is 0 Å². The molecule has 0 bridgehead atoms. The molecule has 0 aromatic heterocycles. The first-order valence-electron chi connectivity index (χ1n) is 6.69. The number of ketones is 1. The number of rotatable bonds is 4. The van der Waals surface area contributed by atoms with Crippen LogP contribution in [-0.2, 0) is 4.79 Å². The zero-order chi connectivity index (χ0) is 14.8. The van der Waals surface area contributed by atoms with Crippen LogP contribution in [0.25, 0.3) is 5.53 Å². The van der Waals surface area contributed by atoms with E-state index in [1.54, 1.807) is 0 Å². The van der Waals surface area contributed by atoms with E-state index in [0.717, 1.165) is 18.2 Å². The lowest BCUT2D eigenvalue weighted by Crippen LogP contribution is -2.46. The van der Waals surface area contributed by atoms with Crippen LogP contribution in [0.2, 0.25) is 0 Å². The number of carbonyl (C=O) groups excluding carboxylic acids is 1. The van der Waals surface area contributed by atoms with Gasteiger partial charge in [0.25, 0.3) is 0 Å². The summed E-state index contributed by atoms with van der Waals surface area (Å²) >= 11 is 0. The lowest BCUT2D eigenvalue weighted by molar-refractivity contribution is -0.119. The first-order chi connectivity index (χ1) is 8.66. The van der Waals surface area contributed by atoms with Crippen molar-refractivity contribution in [1.82, 2.24) is 0 Å². The molecule has 0 spiro atoms. The number of Topliss-reactive ketones (excluding diaryl/α,β-unsaturated/α-hetero) is 1. The Morgan fingerprint density at radius 3 is 2.63 bits per heavy atom. The summed E-state index contributed by atoms with van der Waals surface area (Å²) in [6, 6.07) is 0. The van der Waals surface area contributed by atoms with Crippen LogP contribution in [0.3, 0.4) is 0 Å². The topological polar surface area (TPSA) is 53.5 Å². The SMILES string of the molecule is C=C(C)[C@@H]1CC=C(C)[C@](C)(CC(=O)C=[N+]=[N-])C1(C)C. The normalized spacial score (nSPS) is 29.1. The van der Waals surface area contributed by atoms with E-state index < -0.39 is 0 Å². The minimum atomic E-state index is -0.243. The Kier molecular flexibility index (Phi) is 4.32. The van der Waals surface area contributed by atoms with Crippen molar-refractivity contribution in [3.63, 3.8) is 0 Å². The third kappa shape index (κ3) is 2.62. The van der Waals surface area contributed by atoms with E-state index in [4.69, 9.17) is 5.53 Å². The molecule has 0 saturated heterocycles. The molecule has 0 amide bonds. The Morgan fingerprint density at radius 1 is 1.58 bits per heavy atom.